The number of benzene rings is 2. The van der Waals surface area contributed by atoms with Gasteiger partial charge in [-0.3, -0.25) is 9.59 Å². The molecule has 1 unspecified atom stereocenters. The summed E-state index contributed by atoms with van der Waals surface area (Å²) in [7, 11) is 3.06. The van der Waals surface area contributed by atoms with Crippen LogP contribution < -0.4 is 20.1 Å². The van der Waals surface area contributed by atoms with Crippen LogP contribution in [0.5, 0.6) is 11.5 Å². The third-order valence-electron chi connectivity index (χ3n) is 3.73. The first-order chi connectivity index (χ1) is 12.5. The first-order valence-electron chi connectivity index (χ1n) is 7.82. The van der Waals surface area contributed by atoms with E-state index in [1.807, 2.05) is 6.07 Å². The Morgan fingerprint density at radius 3 is 2.23 bits per heavy atom. The van der Waals surface area contributed by atoms with Gasteiger partial charge in [-0.25, -0.2) is 0 Å². The van der Waals surface area contributed by atoms with Crippen LogP contribution in [0.4, 0.5) is 5.69 Å². The zero-order valence-electron chi connectivity index (χ0n) is 14.7. The summed E-state index contributed by atoms with van der Waals surface area (Å²) >= 11 is 0. The van der Waals surface area contributed by atoms with Crippen molar-refractivity contribution in [1.82, 2.24) is 5.32 Å². The van der Waals surface area contributed by atoms with Crippen molar-refractivity contribution in [2.75, 3.05) is 19.5 Å². The van der Waals surface area contributed by atoms with Crippen LogP contribution >= 0.6 is 0 Å². The minimum atomic E-state index is -0.790. The second-order valence-electron chi connectivity index (χ2n) is 5.45. The minimum absolute atomic E-state index is 0.408. The third-order valence-corrected chi connectivity index (χ3v) is 3.73. The van der Waals surface area contributed by atoms with E-state index < -0.39 is 17.9 Å². The van der Waals surface area contributed by atoms with Crippen molar-refractivity contribution < 1.29 is 19.1 Å². The molecule has 0 spiro atoms. The second kappa shape index (κ2) is 8.53. The van der Waals surface area contributed by atoms with E-state index in [2.05, 4.69) is 10.6 Å². The highest BCUT2D eigenvalue weighted by molar-refractivity contribution is 6.39. The molecule has 0 aliphatic carbocycles. The van der Waals surface area contributed by atoms with Crippen LogP contribution in [0.3, 0.4) is 0 Å². The van der Waals surface area contributed by atoms with Gasteiger partial charge in [-0.15, -0.1) is 0 Å². The lowest BCUT2D eigenvalue weighted by atomic mass is 10.1. The largest absolute Gasteiger partial charge is 0.493 e. The molecule has 134 valence electrons. The molecule has 2 aromatic carbocycles. The molecule has 0 saturated carbocycles. The fourth-order valence-corrected chi connectivity index (χ4v) is 2.28. The van der Waals surface area contributed by atoms with Crippen LogP contribution in [-0.2, 0) is 9.59 Å². The maximum atomic E-state index is 12.1. The fraction of sp³-hybridized carbons (Fsp3) is 0.211. The van der Waals surface area contributed by atoms with Gasteiger partial charge in [-0.2, -0.15) is 5.26 Å². The average molecular weight is 353 g/mol. The molecule has 0 bridgehead atoms. The number of anilines is 1. The SMILES string of the molecule is COc1ccc(C(C)NC(=O)C(=O)Nc2ccc(C#N)cc2)cc1OC. The summed E-state index contributed by atoms with van der Waals surface area (Å²) in [4.78, 5) is 24.1. The molecule has 2 amide bonds. The van der Waals surface area contributed by atoms with E-state index in [1.165, 1.54) is 14.2 Å². The van der Waals surface area contributed by atoms with E-state index in [0.29, 0.717) is 22.7 Å². The summed E-state index contributed by atoms with van der Waals surface area (Å²) < 4.78 is 10.4. The number of hydrogen-bond acceptors (Lipinski definition) is 5. The number of nitriles is 1. The van der Waals surface area contributed by atoms with Crippen LogP contribution in [0.2, 0.25) is 0 Å². The zero-order valence-corrected chi connectivity index (χ0v) is 14.7. The van der Waals surface area contributed by atoms with Crippen molar-refractivity contribution in [2.45, 2.75) is 13.0 Å². The number of nitrogens with zero attached hydrogens (tertiary/aromatic N) is 1. The van der Waals surface area contributed by atoms with Gasteiger partial charge in [0.2, 0.25) is 0 Å². The third kappa shape index (κ3) is 4.51. The van der Waals surface area contributed by atoms with Gasteiger partial charge in [0, 0.05) is 5.69 Å². The van der Waals surface area contributed by atoms with Gasteiger partial charge in [0.05, 0.1) is 31.9 Å². The molecule has 0 heterocycles. The first-order valence-corrected chi connectivity index (χ1v) is 7.82. The highest BCUT2D eigenvalue weighted by Crippen LogP contribution is 2.29. The molecular weight excluding hydrogens is 334 g/mol. The molecule has 1 atom stereocenters. The molecule has 2 N–H and O–H groups in total. The molecule has 7 nitrogen and oxygen atoms in total. The standard InChI is InChI=1S/C19H19N3O4/c1-12(14-6-9-16(25-2)17(10-14)26-3)21-18(23)19(24)22-15-7-4-13(11-20)5-8-15/h4-10,12H,1-3H3,(H,21,23)(H,22,24). The molecule has 0 aliphatic heterocycles. The van der Waals surface area contributed by atoms with Crippen molar-refractivity contribution >= 4 is 17.5 Å². The van der Waals surface area contributed by atoms with Crippen LogP contribution in [-0.4, -0.2) is 26.0 Å². The Hall–Kier alpha value is -3.53. The summed E-state index contributed by atoms with van der Waals surface area (Å²) in [5.74, 6) is -0.444. The van der Waals surface area contributed by atoms with Crippen LogP contribution in [0, 0.1) is 11.3 Å². The van der Waals surface area contributed by atoms with Gasteiger partial charge < -0.3 is 20.1 Å². The van der Waals surface area contributed by atoms with Crippen LogP contribution in [0.15, 0.2) is 42.5 Å². The topological polar surface area (TPSA) is 100 Å². The van der Waals surface area contributed by atoms with E-state index in [4.69, 9.17) is 14.7 Å². The van der Waals surface area contributed by atoms with Gasteiger partial charge in [0.15, 0.2) is 11.5 Å². The van der Waals surface area contributed by atoms with Crippen molar-refractivity contribution in [3.05, 3.63) is 53.6 Å². The molecule has 0 aliphatic rings. The molecule has 2 aromatic rings. The van der Waals surface area contributed by atoms with Gasteiger partial charge in [0.25, 0.3) is 0 Å². The smallest absolute Gasteiger partial charge is 0.313 e. The van der Waals surface area contributed by atoms with Crippen molar-refractivity contribution in [1.29, 1.82) is 5.26 Å². The summed E-state index contributed by atoms with van der Waals surface area (Å²) in [5.41, 5.74) is 1.67. The zero-order chi connectivity index (χ0) is 19.1. The first kappa shape index (κ1) is 18.8. The van der Waals surface area contributed by atoms with E-state index in [1.54, 1.807) is 49.4 Å². The number of carbonyl (C=O) groups excluding carboxylic acids is 2. The molecule has 0 fully saturated rings. The lowest BCUT2D eigenvalue weighted by molar-refractivity contribution is -0.136. The van der Waals surface area contributed by atoms with Gasteiger partial charge >= 0.3 is 11.8 Å². The molecular formula is C19H19N3O4. The summed E-state index contributed by atoms with van der Waals surface area (Å²) in [6.07, 6.45) is 0. The monoisotopic (exact) mass is 353 g/mol. The van der Waals surface area contributed by atoms with E-state index >= 15 is 0 Å². The molecule has 0 aromatic heterocycles. The Morgan fingerprint density at radius 2 is 1.65 bits per heavy atom. The van der Waals surface area contributed by atoms with Crippen LogP contribution in [0.25, 0.3) is 0 Å². The molecule has 7 heteroatoms. The van der Waals surface area contributed by atoms with Gasteiger partial charge in [-0.1, -0.05) is 6.07 Å². The minimum Gasteiger partial charge on any atom is -0.493 e. The Labute approximate surface area is 151 Å². The quantitative estimate of drug-likeness (QED) is 0.804. The molecule has 0 saturated heterocycles. The maximum Gasteiger partial charge on any atom is 0.313 e. The second-order valence-corrected chi connectivity index (χ2v) is 5.45. The highest BCUT2D eigenvalue weighted by Gasteiger charge is 2.18. The lowest BCUT2D eigenvalue weighted by Crippen LogP contribution is -2.36. The van der Waals surface area contributed by atoms with E-state index in [9.17, 15) is 9.59 Å². The average Bonchev–Trinajstić information content (AvgIpc) is 2.67. The molecule has 26 heavy (non-hydrogen) atoms. The van der Waals surface area contributed by atoms with Crippen LogP contribution in [0.1, 0.15) is 24.1 Å². The summed E-state index contributed by atoms with van der Waals surface area (Å²) in [6, 6.07) is 13.0. The molecule has 0 radical (unpaired) electrons. The Kier molecular flexibility index (Phi) is 6.17. The highest BCUT2D eigenvalue weighted by atomic mass is 16.5. The summed E-state index contributed by atoms with van der Waals surface area (Å²) in [6.45, 7) is 1.76. The number of ether oxygens (including phenoxy) is 2. The predicted molar refractivity (Wildman–Crippen MR) is 95.9 cm³/mol. The van der Waals surface area contributed by atoms with Crippen molar-refractivity contribution in [3.63, 3.8) is 0 Å². The molecule has 2 rings (SSSR count). The predicted octanol–water partition coefficient (Wildman–Crippen LogP) is 2.39. The number of methoxy groups -OCH3 is 2. The fourth-order valence-electron chi connectivity index (χ4n) is 2.28. The number of nitrogens with one attached hydrogen (secondary N) is 2. The number of hydrogen-bond donors (Lipinski definition) is 2. The van der Waals surface area contributed by atoms with Gasteiger partial charge in [0.1, 0.15) is 0 Å². The summed E-state index contributed by atoms with van der Waals surface area (Å²) in [5, 5.41) is 13.9. The van der Waals surface area contributed by atoms with Gasteiger partial charge in [-0.05, 0) is 48.9 Å². The van der Waals surface area contributed by atoms with Crippen molar-refractivity contribution in [3.8, 4) is 17.6 Å². The Bertz CT molecular complexity index is 841. The Morgan fingerprint density at radius 1 is 1.00 bits per heavy atom. The number of rotatable bonds is 5. The number of carbonyl (C=O) groups is 2. The lowest BCUT2D eigenvalue weighted by Gasteiger charge is -2.16. The normalized spacial score (nSPS) is 11.0. The Balaban J connectivity index is 2.01. The van der Waals surface area contributed by atoms with Crippen molar-refractivity contribution in [2.24, 2.45) is 0 Å². The number of amides is 2. The van der Waals surface area contributed by atoms with E-state index in [-0.39, 0.29) is 0 Å². The van der Waals surface area contributed by atoms with E-state index in [0.717, 1.165) is 5.56 Å². The maximum absolute atomic E-state index is 12.1.